The number of piperidine rings is 2. The fourth-order valence-electron chi connectivity index (χ4n) is 3.09. The molecule has 0 saturated carbocycles. The summed E-state index contributed by atoms with van der Waals surface area (Å²) in [5.41, 5.74) is -0.657. The van der Waals surface area contributed by atoms with Gasteiger partial charge in [-0.1, -0.05) is 6.42 Å². The van der Waals surface area contributed by atoms with Crippen molar-refractivity contribution in [3.05, 3.63) is 0 Å². The summed E-state index contributed by atoms with van der Waals surface area (Å²) in [4.78, 5) is 15.0. The first kappa shape index (κ1) is 16.5. The summed E-state index contributed by atoms with van der Waals surface area (Å²) in [5.74, 6) is -2.87. The summed E-state index contributed by atoms with van der Waals surface area (Å²) in [5, 5.41) is 0. The van der Waals surface area contributed by atoms with Crippen molar-refractivity contribution in [3.8, 4) is 0 Å². The van der Waals surface area contributed by atoms with Crippen LogP contribution in [0, 0.1) is 0 Å². The Balaban J connectivity index is 1.97. The second-order valence-corrected chi connectivity index (χ2v) is 7.06. The zero-order chi connectivity index (χ0) is 15.7. The van der Waals surface area contributed by atoms with Crippen LogP contribution in [-0.4, -0.2) is 59.6 Å². The Morgan fingerprint density at radius 3 is 2.29 bits per heavy atom. The average molecular weight is 304 g/mol. The molecule has 2 aliphatic rings. The molecule has 0 spiro atoms. The van der Waals surface area contributed by atoms with Crippen LogP contribution in [0.1, 0.15) is 46.5 Å². The van der Waals surface area contributed by atoms with Crippen LogP contribution in [0.5, 0.6) is 0 Å². The van der Waals surface area contributed by atoms with Crippen molar-refractivity contribution in [1.29, 1.82) is 0 Å². The first-order valence-electron chi connectivity index (χ1n) is 7.79. The summed E-state index contributed by atoms with van der Waals surface area (Å²) in [6, 6.07) is -0.739. The number of hydrogen-bond acceptors (Lipinski definition) is 3. The Bertz CT molecular complexity index is 376. The zero-order valence-electron chi connectivity index (χ0n) is 13.2. The highest BCUT2D eigenvalue weighted by Gasteiger charge is 2.49. The Morgan fingerprint density at radius 1 is 1.14 bits per heavy atom. The van der Waals surface area contributed by atoms with Gasteiger partial charge in [-0.2, -0.15) is 0 Å². The Hall–Kier alpha value is -0.910. The lowest BCUT2D eigenvalue weighted by molar-refractivity contribution is -0.128. The lowest BCUT2D eigenvalue weighted by atomic mass is 9.96. The van der Waals surface area contributed by atoms with E-state index in [1.165, 1.54) is 0 Å². The van der Waals surface area contributed by atoms with Crippen LogP contribution in [0.2, 0.25) is 0 Å². The highest BCUT2D eigenvalue weighted by Crippen LogP contribution is 2.33. The van der Waals surface area contributed by atoms with Gasteiger partial charge in [-0.15, -0.1) is 0 Å². The summed E-state index contributed by atoms with van der Waals surface area (Å²) in [6.07, 6.45) is 2.77. The maximum absolute atomic E-state index is 14.4. The topological polar surface area (TPSA) is 32.8 Å². The lowest BCUT2D eigenvalue weighted by Crippen LogP contribution is -2.60. The molecule has 1 atom stereocenters. The number of rotatable bonds is 1. The molecule has 2 saturated heterocycles. The van der Waals surface area contributed by atoms with Gasteiger partial charge in [0, 0.05) is 6.54 Å². The summed E-state index contributed by atoms with van der Waals surface area (Å²) < 4.78 is 34.0. The van der Waals surface area contributed by atoms with Crippen molar-refractivity contribution in [3.63, 3.8) is 0 Å². The molecule has 0 bridgehead atoms. The summed E-state index contributed by atoms with van der Waals surface area (Å²) in [6.45, 7) is 6.50. The van der Waals surface area contributed by atoms with E-state index >= 15 is 0 Å². The van der Waals surface area contributed by atoms with Crippen LogP contribution in [0.25, 0.3) is 0 Å². The van der Waals surface area contributed by atoms with E-state index in [2.05, 4.69) is 0 Å². The average Bonchev–Trinajstić information content (AvgIpc) is 2.36. The van der Waals surface area contributed by atoms with Crippen molar-refractivity contribution in [1.82, 2.24) is 9.80 Å². The summed E-state index contributed by atoms with van der Waals surface area (Å²) >= 11 is 0. The molecule has 0 aromatic rings. The Labute approximate surface area is 125 Å². The first-order valence-corrected chi connectivity index (χ1v) is 7.79. The molecule has 2 heterocycles. The van der Waals surface area contributed by atoms with Crippen LogP contribution in [0.15, 0.2) is 0 Å². The minimum Gasteiger partial charge on any atom is -0.444 e. The van der Waals surface area contributed by atoms with Crippen molar-refractivity contribution in [2.75, 3.05) is 26.2 Å². The number of nitrogens with zero attached hydrogens (tertiary/aromatic N) is 2. The molecule has 21 heavy (non-hydrogen) atoms. The molecule has 1 amide bonds. The van der Waals surface area contributed by atoms with Gasteiger partial charge in [0.2, 0.25) is 0 Å². The van der Waals surface area contributed by atoms with Crippen LogP contribution in [-0.2, 0) is 4.74 Å². The Kier molecular flexibility index (Phi) is 4.76. The second-order valence-electron chi connectivity index (χ2n) is 7.06. The number of carbonyl (C=O) groups excluding carboxylic acids is 1. The number of amides is 1. The second kappa shape index (κ2) is 6.07. The lowest BCUT2D eigenvalue weighted by Gasteiger charge is -2.44. The van der Waals surface area contributed by atoms with E-state index in [0.717, 1.165) is 37.3 Å². The molecule has 2 aliphatic heterocycles. The molecule has 0 radical (unpaired) electrons. The van der Waals surface area contributed by atoms with Crippen molar-refractivity contribution >= 4 is 6.09 Å². The van der Waals surface area contributed by atoms with Crippen molar-refractivity contribution < 1.29 is 18.3 Å². The highest BCUT2D eigenvalue weighted by molar-refractivity contribution is 5.68. The molecule has 2 fully saturated rings. The molecule has 0 aromatic carbocycles. The molecule has 0 N–H and O–H groups in total. The third-order valence-corrected chi connectivity index (χ3v) is 4.04. The number of hydrogen-bond donors (Lipinski definition) is 0. The number of ether oxygens (including phenoxy) is 1. The van der Waals surface area contributed by atoms with Crippen LogP contribution in [0.4, 0.5) is 13.6 Å². The molecule has 0 aliphatic carbocycles. The van der Waals surface area contributed by atoms with Gasteiger partial charge >= 0.3 is 6.09 Å². The van der Waals surface area contributed by atoms with Gasteiger partial charge in [-0.05, 0) is 53.1 Å². The normalized spacial score (nSPS) is 27.5. The molecule has 4 nitrogen and oxygen atoms in total. The molecule has 1 unspecified atom stereocenters. The smallest absolute Gasteiger partial charge is 0.410 e. The van der Waals surface area contributed by atoms with Gasteiger partial charge in [0.25, 0.3) is 5.92 Å². The van der Waals surface area contributed by atoms with E-state index < -0.39 is 30.2 Å². The predicted octanol–water partition coefficient (Wildman–Crippen LogP) is 3.12. The van der Waals surface area contributed by atoms with Gasteiger partial charge in [0.1, 0.15) is 5.60 Å². The van der Waals surface area contributed by atoms with E-state index in [4.69, 9.17) is 4.74 Å². The third-order valence-electron chi connectivity index (χ3n) is 4.04. The number of alkyl halides is 2. The van der Waals surface area contributed by atoms with Gasteiger partial charge in [0.05, 0.1) is 12.6 Å². The van der Waals surface area contributed by atoms with E-state index in [0.29, 0.717) is 13.0 Å². The highest BCUT2D eigenvalue weighted by atomic mass is 19.3. The molecule has 2 rings (SSSR count). The number of likely N-dealkylation sites (tertiary alicyclic amines) is 2. The third kappa shape index (κ3) is 4.28. The van der Waals surface area contributed by atoms with Crippen LogP contribution >= 0.6 is 0 Å². The van der Waals surface area contributed by atoms with Gasteiger partial charge in [-0.25, -0.2) is 13.6 Å². The minimum absolute atomic E-state index is 0.312. The molecule has 122 valence electrons. The van der Waals surface area contributed by atoms with Gasteiger partial charge < -0.3 is 9.64 Å². The fraction of sp³-hybridized carbons (Fsp3) is 0.933. The van der Waals surface area contributed by atoms with Gasteiger partial charge in [-0.3, -0.25) is 4.90 Å². The Morgan fingerprint density at radius 2 is 1.76 bits per heavy atom. The van der Waals surface area contributed by atoms with Crippen molar-refractivity contribution in [2.45, 2.75) is 64.0 Å². The predicted molar refractivity (Wildman–Crippen MR) is 76.6 cm³/mol. The fourth-order valence-corrected chi connectivity index (χ4v) is 3.09. The van der Waals surface area contributed by atoms with E-state index in [-0.39, 0.29) is 0 Å². The quantitative estimate of drug-likeness (QED) is 0.746. The van der Waals surface area contributed by atoms with E-state index in [1.807, 2.05) is 4.90 Å². The molecule has 0 aromatic heterocycles. The van der Waals surface area contributed by atoms with Crippen molar-refractivity contribution in [2.24, 2.45) is 0 Å². The maximum Gasteiger partial charge on any atom is 0.410 e. The largest absolute Gasteiger partial charge is 0.444 e. The minimum atomic E-state index is -2.87. The van der Waals surface area contributed by atoms with E-state index in [1.54, 1.807) is 20.8 Å². The first-order chi connectivity index (χ1) is 9.69. The zero-order valence-corrected chi connectivity index (χ0v) is 13.2. The monoisotopic (exact) mass is 304 g/mol. The number of carbonyl (C=O) groups is 1. The standard InChI is InChI=1S/C15H26F2N2O2/c1-14(2,3)21-13(20)19-10-7-12(15(16,17)11-19)18-8-5-4-6-9-18/h12H,4-11H2,1-3H3. The van der Waals surface area contributed by atoms with Crippen LogP contribution < -0.4 is 0 Å². The van der Waals surface area contributed by atoms with Gasteiger partial charge in [0.15, 0.2) is 0 Å². The summed E-state index contributed by atoms with van der Waals surface area (Å²) in [7, 11) is 0. The SMILES string of the molecule is CC(C)(C)OC(=O)N1CCC(N2CCCCC2)C(F)(F)C1. The van der Waals surface area contributed by atoms with Crippen LogP contribution in [0.3, 0.4) is 0 Å². The number of halogens is 2. The maximum atomic E-state index is 14.4. The molecular weight excluding hydrogens is 278 g/mol. The molecular formula is C15H26F2N2O2. The van der Waals surface area contributed by atoms with E-state index in [9.17, 15) is 13.6 Å². The molecule has 6 heteroatoms.